The van der Waals surface area contributed by atoms with Crippen molar-refractivity contribution in [1.82, 2.24) is 4.98 Å². The molecule has 0 fully saturated rings. The highest BCUT2D eigenvalue weighted by Crippen LogP contribution is 2.33. The number of nitrogens with two attached hydrogens (primary N) is 1. The number of nitrogens with one attached hydrogen (secondary N) is 1. The highest BCUT2D eigenvalue weighted by atomic mass is 79.9. The molecule has 0 amide bonds. The largest absolute Gasteiger partial charge is 0.435 e. The molecule has 1 aromatic carbocycles. The van der Waals surface area contributed by atoms with Crippen LogP contribution in [-0.2, 0) is 0 Å². The normalized spacial score (nSPS) is 10.4. The molecular weight excluding hydrogens is 343 g/mol. The summed E-state index contributed by atoms with van der Waals surface area (Å²) in [5.41, 5.74) is 2.00. The first-order chi connectivity index (χ1) is 9.01. The van der Waals surface area contributed by atoms with Crippen LogP contribution in [0.5, 0.6) is 11.6 Å². The van der Waals surface area contributed by atoms with E-state index in [1.54, 1.807) is 12.1 Å². The summed E-state index contributed by atoms with van der Waals surface area (Å²) >= 11 is 9.12. The van der Waals surface area contributed by atoms with Gasteiger partial charge in [0.15, 0.2) is 17.5 Å². The number of ether oxygens (including phenoxy) is 1. The van der Waals surface area contributed by atoms with Crippen LogP contribution in [0, 0.1) is 11.6 Å². The predicted octanol–water partition coefficient (Wildman–Crippen LogP) is 3.85. The molecule has 0 aliphatic carbocycles. The van der Waals surface area contributed by atoms with Crippen LogP contribution in [0.3, 0.4) is 0 Å². The lowest BCUT2D eigenvalue weighted by atomic mass is 10.3. The van der Waals surface area contributed by atoms with E-state index in [4.69, 9.17) is 22.2 Å². The smallest absolute Gasteiger partial charge is 0.258 e. The zero-order valence-corrected chi connectivity index (χ0v) is 11.6. The number of anilines is 1. The lowest BCUT2D eigenvalue weighted by molar-refractivity contribution is 0.418. The third kappa shape index (κ3) is 3.12. The molecule has 2 rings (SSSR count). The Hall–Kier alpha value is -1.44. The highest BCUT2D eigenvalue weighted by Gasteiger charge is 2.14. The van der Waals surface area contributed by atoms with Crippen molar-refractivity contribution >= 4 is 33.3 Å². The number of nitrogens with zero attached hydrogens (tertiary/aromatic N) is 1. The van der Waals surface area contributed by atoms with Gasteiger partial charge in [-0.2, -0.15) is 4.98 Å². The van der Waals surface area contributed by atoms with Crippen LogP contribution in [-0.4, -0.2) is 4.98 Å². The van der Waals surface area contributed by atoms with Crippen LogP contribution in [0.2, 0.25) is 5.02 Å². The molecule has 8 heteroatoms. The van der Waals surface area contributed by atoms with Gasteiger partial charge in [-0.1, -0.05) is 27.5 Å². The van der Waals surface area contributed by atoms with E-state index in [-0.39, 0.29) is 16.6 Å². The molecule has 2 aromatic rings. The average Bonchev–Trinajstić information content (AvgIpc) is 2.37. The van der Waals surface area contributed by atoms with Gasteiger partial charge in [0.05, 0.1) is 5.02 Å². The monoisotopic (exact) mass is 349 g/mol. The third-order valence-electron chi connectivity index (χ3n) is 2.13. The maximum atomic E-state index is 13.5. The van der Waals surface area contributed by atoms with E-state index in [1.165, 1.54) is 6.07 Å². The molecule has 3 N–H and O–H groups in total. The summed E-state index contributed by atoms with van der Waals surface area (Å²) in [4.78, 5) is 3.57. The number of hydrogen-bond donors (Lipinski definition) is 2. The van der Waals surface area contributed by atoms with Crippen molar-refractivity contribution in [3.8, 4) is 11.6 Å². The second-order valence-corrected chi connectivity index (χ2v) is 4.75. The second kappa shape index (κ2) is 5.68. The van der Waals surface area contributed by atoms with Gasteiger partial charge < -0.3 is 10.2 Å². The number of aromatic nitrogens is 1. The minimum atomic E-state index is -0.965. The summed E-state index contributed by atoms with van der Waals surface area (Å²) in [6.45, 7) is 0. The second-order valence-electron chi connectivity index (χ2n) is 3.43. The van der Waals surface area contributed by atoms with Crippen molar-refractivity contribution in [2.75, 3.05) is 5.43 Å². The SMILES string of the molecule is NNc1nc(Oc2cc(Br)ccc2Cl)c(F)cc1F. The number of benzene rings is 1. The first-order valence-corrected chi connectivity index (χ1v) is 6.14. The van der Waals surface area contributed by atoms with E-state index in [1.807, 2.05) is 5.43 Å². The average molecular weight is 351 g/mol. The topological polar surface area (TPSA) is 60.2 Å². The van der Waals surface area contributed by atoms with Gasteiger partial charge in [0, 0.05) is 10.5 Å². The third-order valence-corrected chi connectivity index (χ3v) is 2.94. The van der Waals surface area contributed by atoms with E-state index in [2.05, 4.69) is 20.9 Å². The fourth-order valence-electron chi connectivity index (χ4n) is 1.28. The van der Waals surface area contributed by atoms with Crippen molar-refractivity contribution in [3.63, 3.8) is 0 Å². The van der Waals surface area contributed by atoms with Gasteiger partial charge >= 0.3 is 0 Å². The Kier molecular flexibility index (Phi) is 4.18. The fraction of sp³-hybridized carbons (Fsp3) is 0. The van der Waals surface area contributed by atoms with Crippen LogP contribution in [0.25, 0.3) is 0 Å². The summed E-state index contributed by atoms with van der Waals surface area (Å²) in [5.74, 6) is 2.58. The minimum Gasteiger partial charge on any atom is -0.435 e. The number of hydrazine groups is 1. The summed E-state index contributed by atoms with van der Waals surface area (Å²) < 4.78 is 32.6. The Morgan fingerprint density at radius 2 is 2.00 bits per heavy atom. The Morgan fingerprint density at radius 1 is 1.26 bits per heavy atom. The molecule has 0 atom stereocenters. The molecule has 0 radical (unpaired) electrons. The summed E-state index contributed by atoms with van der Waals surface area (Å²) in [7, 11) is 0. The molecule has 19 heavy (non-hydrogen) atoms. The summed E-state index contributed by atoms with van der Waals surface area (Å²) in [5, 5.41) is 0.260. The van der Waals surface area contributed by atoms with Crippen molar-refractivity contribution < 1.29 is 13.5 Å². The first kappa shape index (κ1) is 14.0. The van der Waals surface area contributed by atoms with Gasteiger partial charge in [-0.3, -0.25) is 0 Å². The number of halogens is 4. The molecular formula is C11H7BrClF2N3O. The van der Waals surface area contributed by atoms with Crippen molar-refractivity contribution in [1.29, 1.82) is 0 Å². The summed E-state index contributed by atoms with van der Waals surface area (Å²) in [6, 6.07) is 5.40. The van der Waals surface area contributed by atoms with Crippen molar-refractivity contribution in [2.45, 2.75) is 0 Å². The molecule has 100 valence electrons. The van der Waals surface area contributed by atoms with E-state index in [0.29, 0.717) is 10.5 Å². The van der Waals surface area contributed by atoms with Crippen LogP contribution in [0.1, 0.15) is 0 Å². The van der Waals surface area contributed by atoms with Gasteiger partial charge in [-0.05, 0) is 18.2 Å². The van der Waals surface area contributed by atoms with Crippen LogP contribution >= 0.6 is 27.5 Å². The quantitative estimate of drug-likeness (QED) is 0.652. The lowest BCUT2D eigenvalue weighted by Crippen LogP contribution is -2.11. The van der Waals surface area contributed by atoms with Gasteiger partial charge in [0.1, 0.15) is 5.75 Å². The maximum Gasteiger partial charge on any atom is 0.258 e. The molecule has 0 spiro atoms. The fourth-order valence-corrected chi connectivity index (χ4v) is 1.78. The number of rotatable bonds is 3. The Labute approximate surface area is 120 Å². The van der Waals surface area contributed by atoms with Crippen LogP contribution in [0.15, 0.2) is 28.7 Å². The number of nitrogen functional groups attached to an aromatic ring is 1. The minimum absolute atomic E-state index is 0.178. The first-order valence-electron chi connectivity index (χ1n) is 4.97. The van der Waals surface area contributed by atoms with E-state index >= 15 is 0 Å². The van der Waals surface area contributed by atoms with Crippen LogP contribution in [0.4, 0.5) is 14.6 Å². The van der Waals surface area contributed by atoms with Crippen LogP contribution < -0.4 is 16.0 Å². The summed E-state index contributed by atoms with van der Waals surface area (Å²) in [6.07, 6.45) is 0. The molecule has 4 nitrogen and oxygen atoms in total. The molecule has 0 unspecified atom stereocenters. The van der Waals surface area contributed by atoms with E-state index in [9.17, 15) is 8.78 Å². The number of hydrogen-bond acceptors (Lipinski definition) is 4. The van der Waals surface area contributed by atoms with E-state index < -0.39 is 17.5 Å². The molecule has 1 heterocycles. The maximum absolute atomic E-state index is 13.5. The van der Waals surface area contributed by atoms with E-state index in [0.717, 1.165) is 0 Å². The highest BCUT2D eigenvalue weighted by molar-refractivity contribution is 9.10. The zero-order chi connectivity index (χ0) is 14.0. The lowest BCUT2D eigenvalue weighted by Gasteiger charge is -2.09. The van der Waals surface area contributed by atoms with Gasteiger partial charge in [-0.25, -0.2) is 14.6 Å². The molecule has 1 aromatic heterocycles. The zero-order valence-electron chi connectivity index (χ0n) is 9.25. The van der Waals surface area contributed by atoms with Crippen molar-refractivity contribution in [2.24, 2.45) is 5.84 Å². The molecule has 0 aliphatic heterocycles. The Morgan fingerprint density at radius 3 is 2.68 bits per heavy atom. The molecule has 0 saturated carbocycles. The predicted molar refractivity (Wildman–Crippen MR) is 71.2 cm³/mol. The van der Waals surface area contributed by atoms with Crippen molar-refractivity contribution in [3.05, 3.63) is 45.4 Å². The standard InChI is InChI=1S/C11H7BrClF2N3O/c12-5-1-2-6(13)9(3-5)19-11-8(15)4-7(14)10(17-11)18-16/h1-4H,16H2,(H,17,18). The number of pyridine rings is 1. The Bertz CT molecular complexity index is 627. The van der Waals surface area contributed by atoms with Gasteiger partial charge in [0.25, 0.3) is 5.88 Å². The molecule has 0 saturated heterocycles. The van der Waals surface area contributed by atoms with Gasteiger partial charge in [-0.15, -0.1) is 0 Å². The Balaban J connectivity index is 2.40. The molecule has 0 aliphatic rings. The van der Waals surface area contributed by atoms with Gasteiger partial charge in [0.2, 0.25) is 0 Å². The molecule has 0 bridgehead atoms.